The van der Waals surface area contributed by atoms with E-state index in [2.05, 4.69) is 33.0 Å². The van der Waals surface area contributed by atoms with Crippen LogP contribution in [0.4, 0.5) is 0 Å². The van der Waals surface area contributed by atoms with Crippen molar-refractivity contribution in [2.75, 3.05) is 6.54 Å². The van der Waals surface area contributed by atoms with Gasteiger partial charge in [0.25, 0.3) is 0 Å². The van der Waals surface area contributed by atoms with E-state index in [0.29, 0.717) is 0 Å². The second-order valence-electron chi connectivity index (χ2n) is 5.12. The van der Waals surface area contributed by atoms with E-state index in [0.717, 1.165) is 24.8 Å². The first-order chi connectivity index (χ1) is 7.63. The van der Waals surface area contributed by atoms with Crippen LogP contribution in [0.3, 0.4) is 0 Å². The Morgan fingerprint density at radius 3 is 2.25 bits per heavy atom. The normalized spacial score (nSPS) is 17.1. The molecule has 0 rings (SSSR count). The third-order valence-electron chi connectivity index (χ3n) is 3.60. The van der Waals surface area contributed by atoms with Gasteiger partial charge in [0.15, 0.2) is 0 Å². The molecule has 3 atom stereocenters. The summed E-state index contributed by atoms with van der Waals surface area (Å²) in [7, 11) is 0. The molecule has 2 nitrogen and oxygen atoms in total. The predicted molar refractivity (Wildman–Crippen MR) is 73.4 cm³/mol. The van der Waals surface area contributed by atoms with E-state index < -0.39 is 0 Å². The van der Waals surface area contributed by atoms with Gasteiger partial charge in [0.05, 0.1) is 6.17 Å². The summed E-state index contributed by atoms with van der Waals surface area (Å²) in [4.78, 5) is 0. The highest BCUT2D eigenvalue weighted by Gasteiger charge is 2.10. The Labute approximate surface area is 102 Å². The van der Waals surface area contributed by atoms with E-state index >= 15 is 0 Å². The maximum Gasteiger partial charge on any atom is 0.0546 e. The highest BCUT2D eigenvalue weighted by molar-refractivity contribution is 4.64. The smallest absolute Gasteiger partial charge is 0.0546 e. The zero-order chi connectivity index (χ0) is 12.4. The summed E-state index contributed by atoms with van der Waals surface area (Å²) in [5, 5.41) is 3.27. The Bertz CT molecular complexity index is 148. The lowest BCUT2D eigenvalue weighted by molar-refractivity contribution is 0.336. The van der Waals surface area contributed by atoms with Crippen molar-refractivity contribution in [1.82, 2.24) is 5.32 Å². The molecule has 0 aliphatic rings. The topological polar surface area (TPSA) is 38.0 Å². The Balaban J connectivity index is 3.62. The van der Waals surface area contributed by atoms with Crippen LogP contribution in [0.25, 0.3) is 0 Å². The Morgan fingerprint density at radius 2 is 1.75 bits per heavy atom. The Morgan fingerprint density at radius 1 is 1.06 bits per heavy atom. The molecule has 0 aromatic carbocycles. The Hall–Kier alpha value is -0.0800. The first-order valence-corrected chi connectivity index (χ1v) is 7.12. The van der Waals surface area contributed by atoms with E-state index in [1.165, 1.54) is 32.1 Å². The summed E-state index contributed by atoms with van der Waals surface area (Å²) in [6, 6.07) is 0. The third-order valence-corrected chi connectivity index (χ3v) is 3.60. The van der Waals surface area contributed by atoms with Gasteiger partial charge in [0.2, 0.25) is 0 Å². The molecular formula is C14H32N2. The van der Waals surface area contributed by atoms with Crippen LogP contribution in [0.15, 0.2) is 0 Å². The van der Waals surface area contributed by atoms with Crippen molar-refractivity contribution in [3.05, 3.63) is 0 Å². The van der Waals surface area contributed by atoms with E-state index in [4.69, 9.17) is 5.73 Å². The lowest BCUT2D eigenvalue weighted by Crippen LogP contribution is -2.37. The molecule has 0 amide bonds. The molecule has 0 fully saturated rings. The fourth-order valence-electron chi connectivity index (χ4n) is 2.22. The maximum atomic E-state index is 5.93. The SMILES string of the molecule is CCNC(N)CCC[C@@H](CC)CC(C)CC. The van der Waals surface area contributed by atoms with Gasteiger partial charge in [0, 0.05) is 0 Å². The van der Waals surface area contributed by atoms with Crippen molar-refractivity contribution >= 4 is 0 Å². The first-order valence-electron chi connectivity index (χ1n) is 7.12. The molecule has 0 saturated heterocycles. The molecule has 0 radical (unpaired) electrons. The van der Waals surface area contributed by atoms with Crippen molar-refractivity contribution in [3.63, 3.8) is 0 Å². The molecule has 0 aliphatic heterocycles. The largest absolute Gasteiger partial charge is 0.316 e. The molecule has 0 spiro atoms. The van der Waals surface area contributed by atoms with Crippen LogP contribution in [0.2, 0.25) is 0 Å². The van der Waals surface area contributed by atoms with Crippen molar-refractivity contribution in [1.29, 1.82) is 0 Å². The quantitative estimate of drug-likeness (QED) is 0.562. The van der Waals surface area contributed by atoms with Crippen molar-refractivity contribution in [2.45, 2.75) is 72.4 Å². The number of nitrogens with two attached hydrogens (primary N) is 1. The van der Waals surface area contributed by atoms with Gasteiger partial charge in [-0.05, 0) is 31.2 Å². The average Bonchev–Trinajstić information content (AvgIpc) is 2.27. The zero-order valence-corrected chi connectivity index (χ0v) is 11.8. The minimum atomic E-state index is 0.200. The van der Waals surface area contributed by atoms with Crippen LogP contribution in [-0.4, -0.2) is 12.7 Å². The van der Waals surface area contributed by atoms with Gasteiger partial charge < -0.3 is 11.1 Å². The number of rotatable bonds is 10. The summed E-state index contributed by atoms with van der Waals surface area (Å²) >= 11 is 0. The number of hydrogen-bond acceptors (Lipinski definition) is 2. The van der Waals surface area contributed by atoms with Crippen LogP contribution >= 0.6 is 0 Å². The van der Waals surface area contributed by atoms with Crippen LogP contribution in [0.1, 0.15) is 66.2 Å². The summed E-state index contributed by atoms with van der Waals surface area (Å²) in [6.07, 6.45) is 7.96. The average molecular weight is 228 g/mol. The van der Waals surface area contributed by atoms with Crippen molar-refractivity contribution < 1.29 is 0 Å². The standard InChI is InChI=1S/C14H32N2/c1-5-12(4)11-13(6-2)9-8-10-14(15)16-7-3/h12-14,16H,5-11,15H2,1-4H3/t12?,13-,14?/m1/s1. The minimum absolute atomic E-state index is 0.200. The predicted octanol–water partition coefficient (Wildman–Crippen LogP) is 3.51. The minimum Gasteiger partial charge on any atom is -0.316 e. The summed E-state index contributed by atoms with van der Waals surface area (Å²) in [5.74, 6) is 1.79. The Kier molecular flexibility index (Phi) is 10.0. The maximum absolute atomic E-state index is 5.93. The van der Waals surface area contributed by atoms with Gasteiger partial charge in [-0.15, -0.1) is 0 Å². The lowest BCUT2D eigenvalue weighted by atomic mass is 9.88. The molecule has 2 heteroatoms. The van der Waals surface area contributed by atoms with Crippen LogP contribution in [0.5, 0.6) is 0 Å². The highest BCUT2D eigenvalue weighted by Crippen LogP contribution is 2.23. The molecule has 2 unspecified atom stereocenters. The second-order valence-corrected chi connectivity index (χ2v) is 5.12. The molecule has 16 heavy (non-hydrogen) atoms. The second kappa shape index (κ2) is 10.1. The molecule has 98 valence electrons. The summed E-state index contributed by atoms with van der Waals surface area (Å²) < 4.78 is 0. The van der Waals surface area contributed by atoms with E-state index in [1.54, 1.807) is 0 Å². The highest BCUT2D eigenvalue weighted by atomic mass is 15.0. The number of hydrogen-bond donors (Lipinski definition) is 2. The third kappa shape index (κ3) is 8.12. The fourth-order valence-corrected chi connectivity index (χ4v) is 2.22. The fraction of sp³-hybridized carbons (Fsp3) is 1.00. The van der Waals surface area contributed by atoms with Gasteiger partial charge in [-0.2, -0.15) is 0 Å². The zero-order valence-electron chi connectivity index (χ0n) is 11.8. The molecule has 0 aromatic rings. The van der Waals surface area contributed by atoms with E-state index in [1.807, 2.05) is 0 Å². The number of nitrogens with one attached hydrogen (secondary N) is 1. The lowest BCUT2D eigenvalue weighted by Gasteiger charge is -2.19. The van der Waals surface area contributed by atoms with Crippen molar-refractivity contribution in [3.8, 4) is 0 Å². The van der Waals surface area contributed by atoms with E-state index in [9.17, 15) is 0 Å². The monoisotopic (exact) mass is 228 g/mol. The first kappa shape index (κ1) is 15.9. The molecule has 0 aromatic heterocycles. The van der Waals surface area contributed by atoms with Crippen LogP contribution in [0, 0.1) is 11.8 Å². The van der Waals surface area contributed by atoms with Gasteiger partial charge in [0.1, 0.15) is 0 Å². The summed E-state index contributed by atoms with van der Waals surface area (Å²) in [5.41, 5.74) is 5.93. The molecular weight excluding hydrogens is 196 g/mol. The van der Waals surface area contributed by atoms with Crippen LogP contribution in [-0.2, 0) is 0 Å². The van der Waals surface area contributed by atoms with Gasteiger partial charge in [-0.3, -0.25) is 0 Å². The summed E-state index contributed by atoms with van der Waals surface area (Å²) in [6.45, 7) is 10.1. The van der Waals surface area contributed by atoms with Gasteiger partial charge in [-0.25, -0.2) is 0 Å². The molecule has 0 aliphatic carbocycles. The van der Waals surface area contributed by atoms with Gasteiger partial charge in [-0.1, -0.05) is 53.4 Å². The molecule has 3 N–H and O–H groups in total. The van der Waals surface area contributed by atoms with Crippen LogP contribution < -0.4 is 11.1 Å². The van der Waals surface area contributed by atoms with E-state index in [-0.39, 0.29) is 6.17 Å². The van der Waals surface area contributed by atoms with Crippen molar-refractivity contribution in [2.24, 2.45) is 17.6 Å². The molecule has 0 bridgehead atoms. The molecule has 0 heterocycles. The van der Waals surface area contributed by atoms with Gasteiger partial charge >= 0.3 is 0 Å². The molecule has 0 saturated carbocycles.